The monoisotopic (exact) mass is 87.1 g/mol. The lowest BCUT2D eigenvalue weighted by Crippen LogP contribution is -1.77. The van der Waals surface area contributed by atoms with Crippen molar-refractivity contribution in [2.24, 2.45) is 0 Å². The van der Waals surface area contributed by atoms with Gasteiger partial charge in [0.25, 0.3) is 5.39 Å². The van der Waals surface area contributed by atoms with Gasteiger partial charge in [0.1, 0.15) is 0 Å². The molecule has 0 heterocycles. The largest absolute Gasteiger partial charge is 0.456 e. The van der Waals surface area contributed by atoms with Gasteiger partial charge in [-0.15, -0.1) is 4.84 Å². The van der Waals surface area contributed by atoms with Crippen LogP contribution in [0.2, 0.25) is 0 Å². The highest BCUT2D eigenvalue weighted by Gasteiger charge is 1.84. The van der Waals surface area contributed by atoms with Crippen molar-refractivity contribution in [2.75, 3.05) is 6.61 Å². The number of diazo groups is 1. The van der Waals surface area contributed by atoms with Crippen molar-refractivity contribution >= 4 is 0 Å². The Morgan fingerprint density at radius 3 is 2.67 bits per heavy atom. The highest BCUT2D eigenvalue weighted by Crippen LogP contribution is 1.76. The lowest BCUT2D eigenvalue weighted by atomic mass is 10.5. The summed E-state index contributed by atoms with van der Waals surface area (Å²) in [5.74, 6) is 0. The van der Waals surface area contributed by atoms with Crippen LogP contribution in [-0.2, 0) is 4.84 Å². The summed E-state index contributed by atoms with van der Waals surface area (Å²) in [5.41, 5.74) is 0. The summed E-state index contributed by atoms with van der Waals surface area (Å²) in [6, 6.07) is 0. The van der Waals surface area contributed by atoms with Gasteiger partial charge in [-0.1, -0.05) is 6.92 Å². The minimum Gasteiger partial charge on any atom is -0.132 e. The molecule has 3 heteroatoms. The molecule has 0 spiro atoms. The molecule has 0 unspecified atom stereocenters. The van der Waals surface area contributed by atoms with Crippen LogP contribution in [0.1, 0.15) is 13.3 Å². The molecular formula is C3H7N2O+. The zero-order chi connectivity index (χ0) is 4.83. The smallest absolute Gasteiger partial charge is 0.132 e. The predicted octanol–water partition coefficient (Wildman–Crippen LogP) is 1.18. The summed E-state index contributed by atoms with van der Waals surface area (Å²) in [6.45, 7) is 2.43. The molecule has 0 aliphatic heterocycles. The second-order valence-electron chi connectivity index (χ2n) is 0.915. The van der Waals surface area contributed by atoms with Crippen LogP contribution < -0.4 is 0 Å². The molecule has 0 aliphatic carbocycles. The minimum absolute atomic E-state index is 0.497. The Kier molecular flexibility index (Phi) is 3.67. The van der Waals surface area contributed by atoms with E-state index in [1.807, 2.05) is 6.92 Å². The number of hydrogen-bond donors (Lipinski definition) is 0. The van der Waals surface area contributed by atoms with Gasteiger partial charge in [-0.25, -0.2) is 0 Å². The van der Waals surface area contributed by atoms with Crippen molar-refractivity contribution in [3.05, 3.63) is 5.14 Å². The van der Waals surface area contributed by atoms with E-state index >= 15 is 0 Å². The second kappa shape index (κ2) is 4.22. The summed E-state index contributed by atoms with van der Waals surface area (Å²) < 4.78 is 0. The van der Waals surface area contributed by atoms with Gasteiger partial charge >= 0.3 is 5.14 Å². The Morgan fingerprint density at radius 2 is 2.50 bits per heavy atom. The number of rotatable bonds is 2. The van der Waals surface area contributed by atoms with Gasteiger partial charge in [0, 0.05) is 0 Å². The third-order valence-electron chi connectivity index (χ3n) is 0.353. The molecule has 0 aromatic carbocycles. The van der Waals surface area contributed by atoms with Crippen molar-refractivity contribution in [3.8, 4) is 0 Å². The van der Waals surface area contributed by atoms with Crippen LogP contribution in [0.15, 0.2) is 0 Å². The Balaban J connectivity index is 2.54. The van der Waals surface area contributed by atoms with Crippen LogP contribution in [0.25, 0.3) is 5.14 Å². The van der Waals surface area contributed by atoms with Gasteiger partial charge in [0.05, 0.1) is 0 Å². The molecular weight excluding hydrogens is 80.0 g/mol. The summed E-state index contributed by atoms with van der Waals surface area (Å²) in [4.78, 5) is 4.16. The standard InChI is InChI=1S/C3H7N2O/c1-2-3-6-5-4/h2-3H2,1H3/q+1. The van der Waals surface area contributed by atoms with Crippen molar-refractivity contribution in [1.82, 2.24) is 0 Å². The first-order chi connectivity index (χ1) is 2.91. The van der Waals surface area contributed by atoms with Gasteiger partial charge in [-0.2, -0.15) is 0 Å². The molecule has 6 heavy (non-hydrogen) atoms. The molecule has 0 saturated heterocycles. The Bertz CT molecular complexity index is 56.3. The zero-order valence-corrected chi connectivity index (χ0v) is 3.72. The third-order valence-corrected chi connectivity index (χ3v) is 0.353. The van der Waals surface area contributed by atoms with Gasteiger partial charge < -0.3 is 0 Å². The van der Waals surface area contributed by atoms with Crippen LogP contribution >= 0.6 is 0 Å². The van der Waals surface area contributed by atoms with E-state index in [1.54, 1.807) is 0 Å². The molecule has 34 valence electrons. The van der Waals surface area contributed by atoms with E-state index in [0.29, 0.717) is 6.61 Å². The van der Waals surface area contributed by atoms with Crippen molar-refractivity contribution in [3.63, 3.8) is 0 Å². The molecule has 0 aromatic rings. The predicted molar refractivity (Wildman–Crippen MR) is 21.3 cm³/mol. The average Bonchev–Trinajstić information content (AvgIpc) is 1.61. The molecule has 3 nitrogen and oxygen atoms in total. The van der Waals surface area contributed by atoms with Gasteiger partial charge in [-0.3, -0.25) is 0 Å². The van der Waals surface area contributed by atoms with E-state index in [-0.39, 0.29) is 0 Å². The summed E-state index contributed by atoms with van der Waals surface area (Å²) in [7, 11) is 0. The second-order valence-corrected chi connectivity index (χ2v) is 0.915. The quantitative estimate of drug-likeness (QED) is 0.288. The topological polar surface area (TPSA) is 37.4 Å². The first-order valence-corrected chi connectivity index (χ1v) is 1.88. The molecule has 0 fully saturated rings. The Morgan fingerprint density at radius 1 is 1.83 bits per heavy atom. The van der Waals surface area contributed by atoms with E-state index in [1.165, 1.54) is 0 Å². The molecule has 0 aliphatic rings. The lowest BCUT2D eigenvalue weighted by Gasteiger charge is -1.70. The minimum atomic E-state index is 0.497. The maximum absolute atomic E-state index is 7.60. The SMILES string of the molecule is CCCO[N+]#N. The van der Waals surface area contributed by atoms with Gasteiger partial charge in [0.2, 0.25) is 0 Å². The van der Waals surface area contributed by atoms with Gasteiger partial charge in [-0.05, 0) is 6.42 Å². The fourth-order valence-corrected chi connectivity index (χ4v) is 0.132. The van der Waals surface area contributed by atoms with Crippen LogP contribution in [0.5, 0.6) is 0 Å². The number of nitrogens with zero attached hydrogens (tertiary/aromatic N) is 2. The molecule has 0 aromatic heterocycles. The van der Waals surface area contributed by atoms with E-state index in [2.05, 4.69) is 9.98 Å². The third kappa shape index (κ3) is 3.22. The first kappa shape index (κ1) is 5.22. The molecule has 0 rings (SSSR count). The van der Waals surface area contributed by atoms with Crippen LogP contribution in [0, 0.1) is 5.39 Å². The maximum Gasteiger partial charge on any atom is 0.456 e. The Hall–Kier alpha value is -0.780. The summed E-state index contributed by atoms with van der Waals surface area (Å²) in [6.07, 6.45) is 0.879. The fourth-order valence-electron chi connectivity index (χ4n) is 0.132. The molecule has 0 saturated carbocycles. The molecule has 0 atom stereocenters. The summed E-state index contributed by atoms with van der Waals surface area (Å²) in [5, 5.41) is 10.0. The number of hydrogen-bond acceptors (Lipinski definition) is 2. The van der Waals surface area contributed by atoms with Crippen molar-refractivity contribution in [1.29, 1.82) is 5.39 Å². The molecule has 0 bridgehead atoms. The van der Waals surface area contributed by atoms with Crippen molar-refractivity contribution in [2.45, 2.75) is 13.3 Å². The van der Waals surface area contributed by atoms with E-state index in [0.717, 1.165) is 6.42 Å². The molecule has 0 radical (unpaired) electrons. The Labute approximate surface area is 36.5 Å². The lowest BCUT2D eigenvalue weighted by molar-refractivity contribution is 0.234. The molecule has 0 N–H and O–H groups in total. The molecule has 0 amide bonds. The van der Waals surface area contributed by atoms with Gasteiger partial charge in [0.15, 0.2) is 6.61 Å². The fraction of sp³-hybridized carbons (Fsp3) is 1.00. The highest BCUT2D eigenvalue weighted by atomic mass is 16.6. The van der Waals surface area contributed by atoms with E-state index in [4.69, 9.17) is 5.39 Å². The van der Waals surface area contributed by atoms with Crippen LogP contribution in [0.3, 0.4) is 0 Å². The summed E-state index contributed by atoms with van der Waals surface area (Å²) >= 11 is 0. The van der Waals surface area contributed by atoms with E-state index < -0.39 is 0 Å². The van der Waals surface area contributed by atoms with Crippen LogP contribution in [0.4, 0.5) is 0 Å². The van der Waals surface area contributed by atoms with Crippen LogP contribution in [-0.4, -0.2) is 6.61 Å². The first-order valence-electron chi connectivity index (χ1n) is 1.88. The maximum atomic E-state index is 7.60. The van der Waals surface area contributed by atoms with E-state index in [9.17, 15) is 0 Å². The van der Waals surface area contributed by atoms with Crippen molar-refractivity contribution < 1.29 is 4.84 Å². The normalized spacial score (nSPS) is 6.67. The highest BCUT2D eigenvalue weighted by molar-refractivity contribution is 4.22. The average molecular weight is 87.1 g/mol. The zero-order valence-electron chi connectivity index (χ0n) is 3.72.